The number of amides is 2. The van der Waals surface area contributed by atoms with Gasteiger partial charge in [0.1, 0.15) is 23.6 Å². The van der Waals surface area contributed by atoms with Crippen LogP contribution in [0.5, 0.6) is 0 Å². The van der Waals surface area contributed by atoms with Gasteiger partial charge in [-0.3, -0.25) is 9.59 Å². The van der Waals surface area contributed by atoms with Crippen molar-refractivity contribution >= 4 is 11.8 Å². The Labute approximate surface area is 186 Å². The third-order valence-electron chi connectivity index (χ3n) is 5.71. The number of carbonyl (C=O) groups excluding carboxylic acids is 2. The van der Waals surface area contributed by atoms with Crippen molar-refractivity contribution in [2.24, 2.45) is 0 Å². The first-order chi connectivity index (χ1) is 15.3. The minimum atomic E-state index is -0.828. The average Bonchev–Trinajstić information content (AvgIpc) is 3.22. The summed E-state index contributed by atoms with van der Waals surface area (Å²) in [5.41, 5.74) is -0.188. The highest BCUT2D eigenvalue weighted by atomic mass is 19.1. The van der Waals surface area contributed by atoms with Crippen LogP contribution >= 0.6 is 0 Å². The van der Waals surface area contributed by atoms with E-state index in [4.69, 9.17) is 14.2 Å². The normalized spacial score (nSPS) is 25.8. The Balaban J connectivity index is 1.37. The molecule has 2 N–H and O–H groups in total. The minimum Gasteiger partial charge on any atom is -0.370 e. The molecule has 0 unspecified atom stereocenters. The van der Waals surface area contributed by atoms with E-state index in [1.165, 1.54) is 18.2 Å². The summed E-state index contributed by atoms with van der Waals surface area (Å²) in [6.45, 7) is 4.44. The lowest BCUT2D eigenvalue weighted by molar-refractivity contribution is -0.190. The monoisotopic (exact) mass is 442 g/mol. The Morgan fingerprint density at radius 1 is 1.03 bits per heavy atom. The van der Waals surface area contributed by atoms with Crippen molar-refractivity contribution in [1.29, 1.82) is 0 Å². The zero-order chi connectivity index (χ0) is 22.8. The molecule has 2 saturated heterocycles. The third-order valence-corrected chi connectivity index (χ3v) is 5.71. The molecule has 0 aromatic heterocycles. The zero-order valence-corrected chi connectivity index (χ0v) is 18.1. The van der Waals surface area contributed by atoms with E-state index in [1.54, 1.807) is 18.2 Å². The molecule has 8 heteroatoms. The fourth-order valence-corrected chi connectivity index (χ4v) is 4.29. The second kappa shape index (κ2) is 8.97. The van der Waals surface area contributed by atoms with Gasteiger partial charge in [0.05, 0.1) is 12.2 Å². The second-order valence-electron chi connectivity index (χ2n) is 8.52. The number of halogens is 1. The fourth-order valence-electron chi connectivity index (χ4n) is 4.29. The van der Waals surface area contributed by atoms with Gasteiger partial charge in [-0.25, -0.2) is 4.39 Å². The van der Waals surface area contributed by atoms with E-state index in [9.17, 15) is 14.0 Å². The molecule has 7 nitrogen and oxygen atoms in total. The summed E-state index contributed by atoms with van der Waals surface area (Å²) in [5, 5.41) is 5.64. The smallest absolute Gasteiger partial charge is 0.254 e. The first-order valence-corrected chi connectivity index (χ1v) is 10.7. The molecule has 32 heavy (non-hydrogen) atoms. The van der Waals surface area contributed by atoms with Crippen LogP contribution < -0.4 is 10.6 Å². The van der Waals surface area contributed by atoms with Crippen LogP contribution in [-0.2, 0) is 14.2 Å². The Bertz CT molecular complexity index is 983. The third kappa shape index (κ3) is 4.67. The number of hydrogen-bond acceptors (Lipinski definition) is 5. The van der Waals surface area contributed by atoms with Gasteiger partial charge in [-0.1, -0.05) is 30.3 Å². The Hall–Kier alpha value is -2.81. The maximum atomic E-state index is 13.9. The molecule has 0 aliphatic carbocycles. The second-order valence-corrected chi connectivity index (χ2v) is 8.52. The van der Waals surface area contributed by atoms with Gasteiger partial charge in [-0.2, -0.15) is 0 Å². The maximum Gasteiger partial charge on any atom is 0.254 e. The highest BCUT2D eigenvalue weighted by molar-refractivity contribution is 5.94. The van der Waals surface area contributed by atoms with E-state index in [-0.39, 0.29) is 24.6 Å². The van der Waals surface area contributed by atoms with Gasteiger partial charge in [-0.15, -0.1) is 0 Å². The molecule has 2 aromatic carbocycles. The summed E-state index contributed by atoms with van der Waals surface area (Å²) in [6.07, 6.45) is -0.415. The molecule has 2 aromatic rings. The molecule has 0 bridgehead atoms. The number of benzene rings is 2. The molecule has 2 aliphatic rings. The van der Waals surface area contributed by atoms with E-state index < -0.39 is 35.3 Å². The quantitative estimate of drug-likeness (QED) is 0.689. The van der Waals surface area contributed by atoms with E-state index >= 15 is 0 Å². The molecular weight excluding hydrogens is 415 g/mol. The molecule has 2 heterocycles. The molecule has 170 valence electrons. The highest BCUT2D eigenvalue weighted by Crippen LogP contribution is 2.45. The van der Waals surface area contributed by atoms with Crippen molar-refractivity contribution in [3.63, 3.8) is 0 Å². The van der Waals surface area contributed by atoms with Gasteiger partial charge in [0.25, 0.3) is 11.8 Å². The first kappa shape index (κ1) is 22.4. The van der Waals surface area contributed by atoms with Crippen molar-refractivity contribution in [2.75, 3.05) is 19.7 Å². The number of ether oxygens (including phenoxy) is 3. The maximum absolute atomic E-state index is 13.9. The zero-order valence-electron chi connectivity index (χ0n) is 18.1. The van der Waals surface area contributed by atoms with E-state index in [0.29, 0.717) is 18.5 Å². The molecular formula is C24H27FN2O5. The van der Waals surface area contributed by atoms with Crippen LogP contribution in [0.4, 0.5) is 4.39 Å². The van der Waals surface area contributed by atoms with Gasteiger partial charge in [0.15, 0.2) is 5.79 Å². The molecule has 2 aliphatic heterocycles. The van der Waals surface area contributed by atoms with Crippen molar-refractivity contribution < 1.29 is 28.2 Å². The average molecular weight is 442 g/mol. The summed E-state index contributed by atoms with van der Waals surface area (Å²) in [7, 11) is 0. The van der Waals surface area contributed by atoms with Crippen LogP contribution in [0.15, 0.2) is 54.6 Å². The van der Waals surface area contributed by atoms with Crippen molar-refractivity contribution in [1.82, 2.24) is 10.6 Å². The number of nitrogens with one attached hydrogen (secondary N) is 2. The van der Waals surface area contributed by atoms with Gasteiger partial charge in [0.2, 0.25) is 0 Å². The number of carbonyl (C=O) groups is 2. The first-order valence-electron chi connectivity index (χ1n) is 10.7. The van der Waals surface area contributed by atoms with Crippen molar-refractivity contribution in [3.05, 3.63) is 71.5 Å². The van der Waals surface area contributed by atoms with Crippen molar-refractivity contribution in [2.45, 2.75) is 43.9 Å². The SMILES string of the molecule is CC1(C)O[C@@H]2[C@@H](CNC(=O)c3ccccc3F)OC[C@]2(CCNC(=O)c2ccccc2)O1. The molecule has 2 fully saturated rings. The Morgan fingerprint density at radius 3 is 2.50 bits per heavy atom. The summed E-state index contributed by atoms with van der Waals surface area (Å²) in [6, 6.07) is 14.8. The van der Waals surface area contributed by atoms with Gasteiger partial charge in [-0.05, 0) is 44.5 Å². The lowest BCUT2D eigenvalue weighted by Gasteiger charge is -2.27. The molecule has 0 radical (unpaired) electrons. The van der Waals surface area contributed by atoms with E-state index in [1.807, 2.05) is 32.0 Å². The molecule has 4 rings (SSSR count). The number of hydrogen-bond donors (Lipinski definition) is 2. The number of fused-ring (bicyclic) bond motifs is 1. The highest BCUT2D eigenvalue weighted by Gasteiger charge is 2.60. The fraction of sp³-hybridized carbons (Fsp3) is 0.417. The van der Waals surface area contributed by atoms with Crippen molar-refractivity contribution in [3.8, 4) is 0 Å². The minimum absolute atomic E-state index is 0.0238. The Morgan fingerprint density at radius 2 is 1.75 bits per heavy atom. The largest absolute Gasteiger partial charge is 0.370 e. The predicted molar refractivity (Wildman–Crippen MR) is 115 cm³/mol. The van der Waals surface area contributed by atoms with Gasteiger partial charge < -0.3 is 24.8 Å². The summed E-state index contributed by atoms with van der Waals surface area (Å²) in [5.74, 6) is -2.09. The lowest BCUT2D eigenvalue weighted by atomic mass is 9.92. The van der Waals surface area contributed by atoms with Crippen LogP contribution in [0.1, 0.15) is 41.0 Å². The lowest BCUT2D eigenvalue weighted by Crippen LogP contribution is -2.46. The van der Waals surface area contributed by atoms with Crippen LogP contribution in [0.3, 0.4) is 0 Å². The topological polar surface area (TPSA) is 85.9 Å². The number of rotatable bonds is 7. The van der Waals surface area contributed by atoms with Gasteiger partial charge in [0, 0.05) is 18.7 Å². The van der Waals surface area contributed by atoms with Gasteiger partial charge >= 0.3 is 0 Å². The molecule has 0 spiro atoms. The summed E-state index contributed by atoms with van der Waals surface area (Å²) < 4.78 is 32.1. The van der Waals surface area contributed by atoms with E-state index in [0.717, 1.165) is 0 Å². The molecule has 3 atom stereocenters. The van der Waals surface area contributed by atoms with Crippen LogP contribution in [0.25, 0.3) is 0 Å². The van der Waals surface area contributed by atoms with E-state index in [2.05, 4.69) is 10.6 Å². The predicted octanol–water partition coefficient (Wildman–Crippen LogP) is 2.66. The van der Waals surface area contributed by atoms with Crippen LogP contribution in [0, 0.1) is 5.82 Å². The standard InChI is InChI=1S/C24H27FN2O5/c1-23(2)31-20-19(14-27-22(29)17-10-6-7-11-18(17)25)30-15-24(20,32-23)12-13-26-21(28)16-8-4-3-5-9-16/h3-11,19-20H,12-15H2,1-2H3,(H,26,28)(H,27,29)/t19-,20-,24+/m1/s1. The van der Waals surface area contributed by atoms with Crippen LogP contribution in [0.2, 0.25) is 0 Å². The molecule has 0 saturated carbocycles. The summed E-state index contributed by atoms with van der Waals surface area (Å²) in [4.78, 5) is 24.7. The van der Waals surface area contributed by atoms with Crippen LogP contribution in [-0.4, -0.2) is 55.1 Å². The molecule has 2 amide bonds. The summed E-state index contributed by atoms with van der Waals surface area (Å²) >= 11 is 0. The Kier molecular flexibility index (Phi) is 6.28.